The van der Waals surface area contributed by atoms with Crippen LogP contribution in [0.3, 0.4) is 0 Å². The third kappa shape index (κ3) is 6.15. The van der Waals surface area contributed by atoms with Crippen molar-refractivity contribution in [2.75, 3.05) is 17.7 Å². The molecule has 0 aliphatic rings. The number of thioether (sulfide) groups is 1. The summed E-state index contributed by atoms with van der Waals surface area (Å²) >= 11 is 7.40. The predicted molar refractivity (Wildman–Crippen MR) is 123 cm³/mol. The smallest absolute Gasteiger partial charge is 0.234 e. The molecule has 0 aliphatic heterocycles. The monoisotopic (exact) mass is 460 g/mol. The number of ether oxygens (including phenoxy) is 2. The number of hydrogen-bond acceptors (Lipinski definition) is 6. The summed E-state index contributed by atoms with van der Waals surface area (Å²) in [7, 11) is 0. The Kier molecular flexibility index (Phi) is 8.20. The first-order valence-corrected chi connectivity index (χ1v) is 11.3. The van der Waals surface area contributed by atoms with Gasteiger partial charge in [0, 0.05) is 6.54 Å². The van der Waals surface area contributed by atoms with E-state index in [2.05, 4.69) is 15.5 Å². The molecule has 1 aromatic heterocycles. The van der Waals surface area contributed by atoms with Crippen LogP contribution in [-0.2, 0) is 17.9 Å². The fourth-order valence-corrected chi connectivity index (χ4v) is 3.88. The van der Waals surface area contributed by atoms with Crippen LogP contribution >= 0.6 is 23.4 Å². The Balaban J connectivity index is 1.62. The molecule has 1 heterocycles. The van der Waals surface area contributed by atoms with Crippen LogP contribution in [0.5, 0.6) is 11.5 Å². The van der Waals surface area contributed by atoms with Gasteiger partial charge in [0.15, 0.2) is 22.5 Å². The summed E-state index contributed by atoms with van der Waals surface area (Å²) in [5.74, 6) is 2.07. The zero-order valence-electron chi connectivity index (χ0n) is 17.7. The van der Waals surface area contributed by atoms with E-state index in [4.69, 9.17) is 21.1 Å². The fraction of sp³-hybridized carbons (Fsp3) is 0.318. The van der Waals surface area contributed by atoms with Gasteiger partial charge in [-0.05, 0) is 50.6 Å². The van der Waals surface area contributed by atoms with Crippen LogP contribution in [0.2, 0.25) is 5.02 Å². The van der Waals surface area contributed by atoms with Crippen LogP contribution in [0.1, 0.15) is 25.2 Å². The second kappa shape index (κ2) is 11.1. The van der Waals surface area contributed by atoms with Gasteiger partial charge in [-0.3, -0.25) is 4.79 Å². The minimum absolute atomic E-state index is 0.164. The minimum atomic E-state index is -0.164. The Labute approximate surface area is 191 Å². The van der Waals surface area contributed by atoms with Crippen LogP contribution in [0, 0.1) is 6.92 Å². The maximum Gasteiger partial charge on any atom is 0.234 e. The van der Waals surface area contributed by atoms with Crippen molar-refractivity contribution >= 4 is 35.0 Å². The third-order valence-corrected chi connectivity index (χ3v) is 5.64. The molecular weight excluding hydrogens is 436 g/mol. The van der Waals surface area contributed by atoms with Gasteiger partial charge in [0.25, 0.3) is 0 Å². The first-order valence-electron chi connectivity index (χ1n) is 9.97. The maximum absolute atomic E-state index is 12.3. The van der Waals surface area contributed by atoms with Crippen LogP contribution < -0.4 is 14.8 Å². The van der Waals surface area contributed by atoms with Crippen molar-refractivity contribution < 1.29 is 14.3 Å². The molecule has 2 aromatic carbocycles. The Morgan fingerprint density at radius 3 is 2.68 bits per heavy atom. The number of nitrogens with one attached hydrogen (secondary N) is 1. The molecule has 31 heavy (non-hydrogen) atoms. The highest BCUT2D eigenvalue weighted by Gasteiger charge is 2.15. The van der Waals surface area contributed by atoms with Crippen LogP contribution in [0.25, 0.3) is 0 Å². The largest absolute Gasteiger partial charge is 0.490 e. The zero-order valence-corrected chi connectivity index (χ0v) is 19.3. The van der Waals surface area contributed by atoms with E-state index in [-0.39, 0.29) is 18.3 Å². The number of benzene rings is 2. The number of carbonyl (C=O) groups is 1. The molecule has 9 heteroatoms. The first-order chi connectivity index (χ1) is 15.0. The Morgan fingerprint density at radius 2 is 1.94 bits per heavy atom. The molecule has 0 saturated heterocycles. The number of aromatic nitrogens is 3. The van der Waals surface area contributed by atoms with E-state index >= 15 is 0 Å². The molecule has 3 rings (SSSR count). The number of aryl methyl sites for hydroxylation is 1. The van der Waals surface area contributed by atoms with Gasteiger partial charge in [0.05, 0.1) is 23.1 Å². The number of amides is 1. The molecule has 0 aliphatic carbocycles. The average Bonchev–Trinajstić information content (AvgIpc) is 3.15. The molecule has 164 valence electrons. The number of nitrogens with zero attached hydrogens (tertiary/aromatic N) is 3. The van der Waals surface area contributed by atoms with Gasteiger partial charge in [-0.1, -0.05) is 41.6 Å². The molecule has 1 amide bonds. The normalized spacial score (nSPS) is 10.7. The number of rotatable bonds is 10. The molecule has 1 N–H and O–H groups in total. The van der Waals surface area contributed by atoms with E-state index in [9.17, 15) is 4.79 Å². The molecule has 0 unspecified atom stereocenters. The number of halogens is 1. The lowest BCUT2D eigenvalue weighted by molar-refractivity contribution is -0.113. The second-order valence-electron chi connectivity index (χ2n) is 6.63. The number of hydrogen-bond donors (Lipinski definition) is 1. The average molecular weight is 461 g/mol. The van der Waals surface area contributed by atoms with Gasteiger partial charge in [-0.25, -0.2) is 0 Å². The van der Waals surface area contributed by atoms with Crippen LogP contribution in [0.15, 0.2) is 47.6 Å². The molecular formula is C22H25ClN4O3S. The van der Waals surface area contributed by atoms with Gasteiger partial charge in [-0.15, -0.1) is 10.2 Å². The molecule has 0 bridgehead atoms. The van der Waals surface area contributed by atoms with E-state index in [0.29, 0.717) is 46.3 Å². The first kappa shape index (κ1) is 23.0. The summed E-state index contributed by atoms with van der Waals surface area (Å²) in [5, 5.41) is 12.4. The summed E-state index contributed by atoms with van der Waals surface area (Å²) in [6.45, 7) is 7.40. The van der Waals surface area contributed by atoms with Crippen LogP contribution in [0.4, 0.5) is 5.69 Å². The summed E-state index contributed by atoms with van der Waals surface area (Å²) in [4.78, 5) is 12.3. The second-order valence-corrected chi connectivity index (χ2v) is 7.98. The Hall–Kier alpha value is -2.71. The topological polar surface area (TPSA) is 78.3 Å². The highest BCUT2D eigenvalue weighted by molar-refractivity contribution is 7.99. The van der Waals surface area contributed by atoms with E-state index in [1.54, 1.807) is 12.1 Å². The minimum Gasteiger partial charge on any atom is -0.490 e. The van der Waals surface area contributed by atoms with Gasteiger partial charge in [0.2, 0.25) is 5.91 Å². The SMILES string of the molecule is CCOc1cc(C)ccc1OCc1nnc(SCC(=O)Nc2ccccc2Cl)n1CC. The number of carbonyl (C=O) groups excluding carboxylic acids is 1. The van der Waals surface area contributed by atoms with Crippen molar-refractivity contribution in [2.45, 2.75) is 39.1 Å². The molecule has 0 atom stereocenters. The fourth-order valence-electron chi connectivity index (χ4n) is 2.87. The molecule has 0 fully saturated rings. The van der Waals surface area contributed by atoms with Gasteiger partial charge >= 0.3 is 0 Å². The standard InChI is InChI=1S/C22H25ClN4O3S/c1-4-27-20(13-30-18-11-10-15(3)12-19(18)29-5-2)25-26-22(27)31-14-21(28)24-17-9-7-6-8-16(17)23/h6-12H,4-5,13-14H2,1-3H3,(H,24,28). The summed E-state index contributed by atoms with van der Waals surface area (Å²) in [6.07, 6.45) is 0. The lowest BCUT2D eigenvalue weighted by Gasteiger charge is -2.13. The highest BCUT2D eigenvalue weighted by Crippen LogP contribution is 2.29. The third-order valence-electron chi connectivity index (χ3n) is 4.35. The van der Waals surface area contributed by atoms with E-state index in [1.165, 1.54) is 11.8 Å². The lowest BCUT2D eigenvalue weighted by atomic mass is 10.2. The quantitative estimate of drug-likeness (QED) is 0.430. The van der Waals surface area contributed by atoms with Gasteiger partial charge < -0.3 is 19.4 Å². The molecule has 0 radical (unpaired) electrons. The molecule has 0 spiro atoms. The summed E-state index contributed by atoms with van der Waals surface area (Å²) in [5.41, 5.74) is 1.69. The van der Waals surface area contributed by atoms with E-state index in [0.717, 1.165) is 5.56 Å². The molecule has 7 nitrogen and oxygen atoms in total. The predicted octanol–water partition coefficient (Wildman–Crippen LogP) is 4.97. The van der Waals surface area contributed by atoms with Crippen molar-refractivity contribution in [3.8, 4) is 11.5 Å². The number of anilines is 1. The zero-order chi connectivity index (χ0) is 22.2. The summed E-state index contributed by atoms with van der Waals surface area (Å²) in [6, 6.07) is 12.9. The Morgan fingerprint density at radius 1 is 1.13 bits per heavy atom. The van der Waals surface area contributed by atoms with Gasteiger partial charge in [-0.2, -0.15) is 0 Å². The highest BCUT2D eigenvalue weighted by atomic mass is 35.5. The molecule has 0 saturated carbocycles. The van der Waals surface area contributed by atoms with Crippen molar-refractivity contribution in [1.29, 1.82) is 0 Å². The Bertz CT molecular complexity index is 1040. The van der Waals surface area contributed by atoms with Crippen molar-refractivity contribution in [3.63, 3.8) is 0 Å². The maximum atomic E-state index is 12.3. The van der Waals surface area contributed by atoms with Crippen LogP contribution in [-0.4, -0.2) is 33.0 Å². The number of para-hydroxylation sites is 1. The van der Waals surface area contributed by atoms with E-state index in [1.807, 2.05) is 55.7 Å². The van der Waals surface area contributed by atoms with Crippen molar-refractivity contribution in [2.24, 2.45) is 0 Å². The van der Waals surface area contributed by atoms with Crippen molar-refractivity contribution in [3.05, 3.63) is 58.9 Å². The molecule has 3 aromatic rings. The van der Waals surface area contributed by atoms with E-state index < -0.39 is 0 Å². The van der Waals surface area contributed by atoms with Crippen molar-refractivity contribution in [1.82, 2.24) is 14.8 Å². The lowest BCUT2D eigenvalue weighted by Crippen LogP contribution is -2.15. The van der Waals surface area contributed by atoms with Gasteiger partial charge in [0.1, 0.15) is 6.61 Å². The summed E-state index contributed by atoms with van der Waals surface area (Å²) < 4.78 is 13.5.